The van der Waals surface area contributed by atoms with Gasteiger partial charge in [-0.05, 0) is 40.8 Å². The molecule has 2 nitrogen and oxygen atoms in total. The molecule has 0 spiro atoms. The molecule has 0 saturated heterocycles. The highest BCUT2D eigenvalue weighted by Crippen LogP contribution is 2.17. The summed E-state index contributed by atoms with van der Waals surface area (Å²) < 4.78 is 0.874. The Kier molecular flexibility index (Phi) is 4.98. The number of nitrogens with one attached hydrogen (secondary N) is 1. The second-order valence-electron chi connectivity index (χ2n) is 2.57. The molecule has 0 aromatic heterocycles. The monoisotopic (exact) mass is 343 g/mol. The number of rotatable bonds is 3. The lowest BCUT2D eigenvalue weighted by Crippen LogP contribution is -2.25. The molecule has 0 radical (unpaired) electrons. The van der Waals surface area contributed by atoms with Gasteiger partial charge in [0.25, 0.3) is 5.91 Å². The normalized spacial score (nSPS) is 9.93. The Morgan fingerprint density at radius 2 is 2.21 bits per heavy atom. The van der Waals surface area contributed by atoms with Gasteiger partial charge in [-0.3, -0.25) is 4.79 Å². The van der Waals surface area contributed by atoms with Crippen molar-refractivity contribution in [1.82, 2.24) is 5.32 Å². The van der Waals surface area contributed by atoms with Crippen LogP contribution < -0.4 is 5.32 Å². The Labute approximate surface area is 106 Å². The summed E-state index contributed by atoms with van der Waals surface area (Å²) >= 11 is 13.3. The molecular formula is C9H8Cl2INO. The molecule has 1 N–H and O–H groups in total. The van der Waals surface area contributed by atoms with E-state index in [9.17, 15) is 4.79 Å². The maximum atomic E-state index is 11.5. The molecule has 0 atom stereocenters. The molecule has 0 aliphatic carbocycles. The van der Waals surface area contributed by atoms with Crippen LogP contribution in [0.1, 0.15) is 10.4 Å². The van der Waals surface area contributed by atoms with Crippen LogP contribution in [0.3, 0.4) is 0 Å². The van der Waals surface area contributed by atoms with Crippen LogP contribution >= 0.6 is 45.8 Å². The Bertz CT molecular complexity index is 344. The van der Waals surface area contributed by atoms with Crippen LogP contribution in [0.25, 0.3) is 0 Å². The lowest BCUT2D eigenvalue weighted by Gasteiger charge is -2.05. The average molecular weight is 344 g/mol. The standard InChI is InChI=1S/C9H8Cl2INO/c10-3-4-13-9(14)7-5-6(11)1-2-8(7)12/h1-2,5H,3-4H2,(H,13,14). The van der Waals surface area contributed by atoms with Gasteiger partial charge >= 0.3 is 0 Å². The van der Waals surface area contributed by atoms with Crippen LogP contribution in [0, 0.1) is 3.57 Å². The maximum Gasteiger partial charge on any atom is 0.252 e. The van der Waals surface area contributed by atoms with Gasteiger partial charge in [0.2, 0.25) is 0 Å². The van der Waals surface area contributed by atoms with Gasteiger partial charge in [0.05, 0.1) is 5.56 Å². The van der Waals surface area contributed by atoms with Crippen molar-refractivity contribution in [2.24, 2.45) is 0 Å². The van der Waals surface area contributed by atoms with Crippen LogP contribution in [0.4, 0.5) is 0 Å². The van der Waals surface area contributed by atoms with E-state index >= 15 is 0 Å². The molecule has 0 unspecified atom stereocenters. The van der Waals surface area contributed by atoms with Crippen molar-refractivity contribution < 1.29 is 4.79 Å². The lowest BCUT2D eigenvalue weighted by molar-refractivity contribution is 0.0955. The molecule has 0 aliphatic heterocycles. The van der Waals surface area contributed by atoms with Crippen LogP contribution in [-0.2, 0) is 0 Å². The molecular weight excluding hydrogens is 336 g/mol. The molecule has 5 heteroatoms. The fourth-order valence-electron chi connectivity index (χ4n) is 0.928. The minimum Gasteiger partial charge on any atom is -0.351 e. The van der Waals surface area contributed by atoms with E-state index in [1.165, 1.54) is 0 Å². The fourth-order valence-corrected chi connectivity index (χ4v) is 1.77. The number of hydrogen-bond donors (Lipinski definition) is 1. The van der Waals surface area contributed by atoms with Crippen LogP contribution in [0.15, 0.2) is 18.2 Å². The van der Waals surface area contributed by atoms with Gasteiger partial charge in [0.15, 0.2) is 0 Å². The van der Waals surface area contributed by atoms with Crippen LogP contribution in [0.5, 0.6) is 0 Å². The van der Waals surface area contributed by atoms with E-state index in [1.54, 1.807) is 18.2 Å². The minimum absolute atomic E-state index is 0.141. The molecule has 0 fully saturated rings. The Hall–Kier alpha value is -0.000000000000000111. The van der Waals surface area contributed by atoms with Crippen molar-refractivity contribution in [2.75, 3.05) is 12.4 Å². The zero-order valence-electron chi connectivity index (χ0n) is 7.19. The first-order chi connectivity index (χ1) is 6.65. The van der Waals surface area contributed by atoms with Gasteiger partial charge < -0.3 is 5.32 Å². The number of hydrogen-bond acceptors (Lipinski definition) is 1. The maximum absolute atomic E-state index is 11.5. The Morgan fingerprint density at radius 3 is 2.86 bits per heavy atom. The largest absolute Gasteiger partial charge is 0.351 e. The summed E-state index contributed by atoms with van der Waals surface area (Å²) in [6, 6.07) is 5.20. The summed E-state index contributed by atoms with van der Waals surface area (Å²) in [6.45, 7) is 0.461. The third-order valence-corrected chi connectivity index (χ3v) is 2.92. The molecule has 0 aliphatic rings. The van der Waals surface area contributed by atoms with Gasteiger partial charge in [0.1, 0.15) is 0 Å². The fraction of sp³-hybridized carbons (Fsp3) is 0.222. The first-order valence-corrected chi connectivity index (χ1v) is 5.93. The molecule has 1 amide bonds. The van der Waals surface area contributed by atoms with Crippen molar-refractivity contribution in [3.05, 3.63) is 32.4 Å². The quantitative estimate of drug-likeness (QED) is 0.663. The van der Waals surface area contributed by atoms with E-state index < -0.39 is 0 Å². The highest BCUT2D eigenvalue weighted by molar-refractivity contribution is 14.1. The van der Waals surface area contributed by atoms with Gasteiger partial charge in [-0.15, -0.1) is 11.6 Å². The number of carbonyl (C=O) groups excluding carboxylic acids is 1. The third-order valence-electron chi connectivity index (χ3n) is 1.55. The predicted octanol–water partition coefficient (Wildman–Crippen LogP) is 2.91. The summed E-state index contributed by atoms with van der Waals surface area (Å²) in [5.41, 5.74) is 0.586. The van der Waals surface area contributed by atoms with Crippen molar-refractivity contribution in [3.8, 4) is 0 Å². The summed E-state index contributed by atoms with van der Waals surface area (Å²) in [7, 11) is 0. The molecule has 1 aromatic rings. The second kappa shape index (κ2) is 5.78. The first kappa shape index (κ1) is 12.1. The van der Waals surface area contributed by atoms with E-state index in [0.717, 1.165) is 3.57 Å². The molecule has 76 valence electrons. The van der Waals surface area contributed by atoms with E-state index in [1.807, 2.05) is 0 Å². The Morgan fingerprint density at radius 1 is 1.50 bits per heavy atom. The Balaban J connectivity index is 2.83. The van der Waals surface area contributed by atoms with Crippen molar-refractivity contribution in [2.45, 2.75) is 0 Å². The molecule has 0 bridgehead atoms. The van der Waals surface area contributed by atoms with Gasteiger partial charge in [-0.25, -0.2) is 0 Å². The SMILES string of the molecule is O=C(NCCCl)c1cc(Cl)ccc1I. The highest BCUT2D eigenvalue weighted by Gasteiger charge is 2.09. The number of alkyl halides is 1. The first-order valence-electron chi connectivity index (χ1n) is 3.94. The third kappa shape index (κ3) is 3.29. The van der Waals surface area contributed by atoms with Crippen molar-refractivity contribution in [3.63, 3.8) is 0 Å². The molecule has 0 saturated carbocycles. The molecule has 14 heavy (non-hydrogen) atoms. The number of carbonyl (C=O) groups is 1. The van der Waals surface area contributed by atoms with E-state index in [4.69, 9.17) is 23.2 Å². The van der Waals surface area contributed by atoms with Crippen molar-refractivity contribution >= 4 is 51.7 Å². The second-order valence-corrected chi connectivity index (χ2v) is 4.55. The zero-order valence-corrected chi connectivity index (χ0v) is 10.9. The average Bonchev–Trinajstić information content (AvgIpc) is 2.18. The summed E-state index contributed by atoms with van der Waals surface area (Å²) in [6.07, 6.45) is 0. The van der Waals surface area contributed by atoms with Crippen molar-refractivity contribution in [1.29, 1.82) is 0 Å². The molecule has 1 rings (SSSR count). The molecule has 1 aromatic carbocycles. The molecule has 0 heterocycles. The van der Waals surface area contributed by atoms with E-state index in [0.29, 0.717) is 23.0 Å². The summed E-state index contributed by atoms with van der Waals surface area (Å²) in [4.78, 5) is 11.5. The van der Waals surface area contributed by atoms with E-state index in [2.05, 4.69) is 27.9 Å². The van der Waals surface area contributed by atoms with Gasteiger partial charge in [0, 0.05) is 21.0 Å². The predicted molar refractivity (Wildman–Crippen MR) is 67.2 cm³/mol. The minimum atomic E-state index is -0.141. The van der Waals surface area contributed by atoms with E-state index in [-0.39, 0.29) is 5.91 Å². The summed E-state index contributed by atoms with van der Waals surface area (Å²) in [5.74, 6) is 0.264. The number of halogens is 3. The van der Waals surface area contributed by atoms with Gasteiger partial charge in [-0.1, -0.05) is 11.6 Å². The number of amides is 1. The van der Waals surface area contributed by atoms with Gasteiger partial charge in [-0.2, -0.15) is 0 Å². The number of benzene rings is 1. The van der Waals surface area contributed by atoms with Crippen LogP contribution in [-0.4, -0.2) is 18.3 Å². The lowest BCUT2D eigenvalue weighted by atomic mass is 10.2. The summed E-state index contributed by atoms with van der Waals surface area (Å²) in [5, 5.41) is 3.24. The van der Waals surface area contributed by atoms with Crippen LogP contribution in [0.2, 0.25) is 5.02 Å². The highest BCUT2D eigenvalue weighted by atomic mass is 127. The smallest absolute Gasteiger partial charge is 0.252 e. The topological polar surface area (TPSA) is 29.1 Å². The zero-order chi connectivity index (χ0) is 10.6.